The van der Waals surface area contributed by atoms with Gasteiger partial charge >= 0.3 is 0 Å². The molecule has 6 atom stereocenters. The first-order chi connectivity index (χ1) is 14.2. The molecule has 0 radical (unpaired) electrons. The summed E-state index contributed by atoms with van der Waals surface area (Å²) >= 11 is 0. The van der Waals surface area contributed by atoms with E-state index in [1.165, 1.54) is 43.3 Å². The molecule has 2 N–H and O–H groups in total. The van der Waals surface area contributed by atoms with E-state index in [4.69, 9.17) is 0 Å². The normalized spacial score (nSPS) is 37.5. The SMILES string of the molecule is CC(=O)/C=C/C(C)=C/[C@@H](C)[C@H]1CCC2/C(=C/C=C3C[C@@H](O)C[C@H](O)C3)CCC[C@@]21C. The standard InChI is InChI=1S/C27H40O3/c1-18(7-8-20(3)28)14-19(2)25-11-12-26-22(6-5-13-27(25,26)4)10-9-21-15-23(29)17-24(30)16-21/h7-10,14,19,23-26,29-30H,5-6,11-13,15-17H2,1-4H3/b8-7+,18-14+,22-10+/t19-,23-,24-,25-,26?,27-/m1/s1. The van der Waals surface area contributed by atoms with Crippen molar-refractivity contribution in [3.05, 3.63) is 47.1 Å². The summed E-state index contributed by atoms with van der Waals surface area (Å²) < 4.78 is 0. The Bertz CT molecular complexity index is 744. The molecule has 1 unspecified atom stereocenters. The van der Waals surface area contributed by atoms with Gasteiger partial charge in [0.1, 0.15) is 0 Å². The number of allylic oxidation sites excluding steroid dienone is 7. The average Bonchev–Trinajstić information content (AvgIpc) is 3.01. The first kappa shape index (κ1) is 23.2. The van der Waals surface area contributed by atoms with E-state index in [1.54, 1.807) is 18.6 Å². The van der Waals surface area contributed by atoms with Gasteiger partial charge in [0.05, 0.1) is 12.2 Å². The van der Waals surface area contributed by atoms with Gasteiger partial charge in [-0.25, -0.2) is 0 Å². The van der Waals surface area contributed by atoms with Crippen molar-refractivity contribution < 1.29 is 15.0 Å². The minimum absolute atomic E-state index is 0.0949. The molecule has 0 bridgehead atoms. The lowest BCUT2D eigenvalue weighted by Gasteiger charge is -2.44. The van der Waals surface area contributed by atoms with Gasteiger partial charge in [0.2, 0.25) is 0 Å². The highest BCUT2D eigenvalue weighted by Gasteiger charge is 2.50. The zero-order valence-corrected chi connectivity index (χ0v) is 19.2. The van der Waals surface area contributed by atoms with Crippen LogP contribution in [0.2, 0.25) is 0 Å². The smallest absolute Gasteiger partial charge is 0.152 e. The Morgan fingerprint density at radius 1 is 1.10 bits per heavy atom. The van der Waals surface area contributed by atoms with E-state index in [0.717, 1.165) is 0 Å². The molecule has 0 heterocycles. The van der Waals surface area contributed by atoms with Gasteiger partial charge in [-0.05, 0) is 94.5 Å². The third kappa shape index (κ3) is 5.42. The minimum atomic E-state index is -0.404. The van der Waals surface area contributed by atoms with E-state index in [1.807, 2.05) is 6.08 Å². The number of carbonyl (C=O) groups excluding carboxylic acids is 1. The highest BCUT2D eigenvalue weighted by Crippen LogP contribution is 2.59. The second-order valence-electron chi connectivity index (χ2n) is 10.3. The monoisotopic (exact) mass is 412 g/mol. The molecule has 166 valence electrons. The third-order valence-electron chi connectivity index (χ3n) is 7.85. The fourth-order valence-electron chi connectivity index (χ4n) is 6.51. The van der Waals surface area contributed by atoms with Crippen LogP contribution in [0.4, 0.5) is 0 Å². The number of fused-ring (bicyclic) bond motifs is 1. The van der Waals surface area contributed by atoms with Crippen molar-refractivity contribution in [3.8, 4) is 0 Å². The number of aliphatic hydroxyl groups is 2. The zero-order valence-electron chi connectivity index (χ0n) is 19.2. The molecule has 0 aliphatic heterocycles. The highest BCUT2D eigenvalue weighted by molar-refractivity contribution is 5.87. The highest BCUT2D eigenvalue weighted by atomic mass is 16.3. The van der Waals surface area contributed by atoms with Crippen molar-refractivity contribution in [3.63, 3.8) is 0 Å². The third-order valence-corrected chi connectivity index (χ3v) is 7.85. The van der Waals surface area contributed by atoms with E-state index in [0.29, 0.717) is 42.4 Å². The van der Waals surface area contributed by atoms with Crippen molar-refractivity contribution in [1.82, 2.24) is 0 Å². The van der Waals surface area contributed by atoms with Gasteiger partial charge in [-0.15, -0.1) is 0 Å². The second-order valence-corrected chi connectivity index (χ2v) is 10.3. The summed E-state index contributed by atoms with van der Waals surface area (Å²) in [7, 11) is 0. The molecule has 3 nitrogen and oxygen atoms in total. The predicted octanol–water partition coefficient (Wildman–Crippen LogP) is 5.69. The Balaban J connectivity index is 1.75. The van der Waals surface area contributed by atoms with E-state index in [9.17, 15) is 15.0 Å². The van der Waals surface area contributed by atoms with Crippen LogP contribution in [-0.2, 0) is 4.79 Å². The molecule has 0 saturated heterocycles. The maximum absolute atomic E-state index is 11.2. The molecule has 3 rings (SSSR count). The van der Waals surface area contributed by atoms with Crippen LogP contribution >= 0.6 is 0 Å². The maximum atomic E-state index is 11.2. The van der Waals surface area contributed by atoms with Crippen LogP contribution in [0.3, 0.4) is 0 Å². The van der Waals surface area contributed by atoms with Gasteiger partial charge < -0.3 is 10.2 Å². The lowest BCUT2D eigenvalue weighted by molar-refractivity contribution is -0.112. The molecule has 0 aromatic rings. The number of aliphatic hydroxyl groups excluding tert-OH is 2. The summed E-state index contributed by atoms with van der Waals surface area (Å²) in [4.78, 5) is 11.2. The molecule has 30 heavy (non-hydrogen) atoms. The first-order valence-corrected chi connectivity index (χ1v) is 11.8. The molecule has 0 aromatic carbocycles. The van der Waals surface area contributed by atoms with Gasteiger partial charge in [-0.2, -0.15) is 0 Å². The molecule has 3 aliphatic rings. The number of ketones is 1. The summed E-state index contributed by atoms with van der Waals surface area (Å²) in [6.07, 6.45) is 17.8. The second kappa shape index (κ2) is 9.78. The van der Waals surface area contributed by atoms with Crippen LogP contribution in [-0.4, -0.2) is 28.2 Å². The molecule has 3 fully saturated rings. The summed E-state index contributed by atoms with van der Waals surface area (Å²) in [6, 6.07) is 0. The Morgan fingerprint density at radius 2 is 1.80 bits per heavy atom. The lowest BCUT2D eigenvalue weighted by Crippen LogP contribution is -2.35. The van der Waals surface area contributed by atoms with Crippen LogP contribution in [0.1, 0.15) is 79.1 Å². The van der Waals surface area contributed by atoms with Crippen LogP contribution in [0.15, 0.2) is 47.1 Å². The number of hydrogen-bond donors (Lipinski definition) is 2. The molecule has 0 amide bonds. The van der Waals surface area contributed by atoms with Crippen LogP contribution in [0, 0.1) is 23.2 Å². The Kier molecular flexibility index (Phi) is 7.57. The van der Waals surface area contributed by atoms with E-state index in [2.05, 4.69) is 39.0 Å². The Morgan fingerprint density at radius 3 is 2.47 bits per heavy atom. The van der Waals surface area contributed by atoms with Gasteiger partial charge in [0.15, 0.2) is 5.78 Å². The van der Waals surface area contributed by atoms with Gasteiger partial charge in [-0.3, -0.25) is 4.79 Å². The van der Waals surface area contributed by atoms with Crippen molar-refractivity contribution >= 4 is 5.78 Å². The Labute approximate surface area is 182 Å². The lowest BCUT2D eigenvalue weighted by atomic mass is 9.61. The van der Waals surface area contributed by atoms with Crippen molar-refractivity contribution in [1.29, 1.82) is 0 Å². The fourth-order valence-corrected chi connectivity index (χ4v) is 6.51. The molecule has 3 heteroatoms. The summed E-state index contributed by atoms with van der Waals surface area (Å²) in [5, 5.41) is 19.9. The molecule has 3 saturated carbocycles. The average molecular weight is 413 g/mol. The van der Waals surface area contributed by atoms with Crippen molar-refractivity contribution in [2.45, 2.75) is 91.3 Å². The summed E-state index contributed by atoms with van der Waals surface area (Å²) in [5.74, 6) is 1.89. The summed E-state index contributed by atoms with van der Waals surface area (Å²) in [6.45, 7) is 8.52. The van der Waals surface area contributed by atoms with Crippen molar-refractivity contribution in [2.24, 2.45) is 23.2 Å². The van der Waals surface area contributed by atoms with Gasteiger partial charge in [-0.1, -0.05) is 54.9 Å². The molecular weight excluding hydrogens is 372 g/mol. The fraction of sp³-hybridized carbons (Fsp3) is 0.667. The molecule has 0 spiro atoms. The topological polar surface area (TPSA) is 57.5 Å². The van der Waals surface area contributed by atoms with E-state index < -0.39 is 12.2 Å². The number of carbonyl (C=O) groups is 1. The maximum Gasteiger partial charge on any atom is 0.152 e. The first-order valence-electron chi connectivity index (χ1n) is 11.8. The zero-order chi connectivity index (χ0) is 21.9. The van der Waals surface area contributed by atoms with Crippen molar-refractivity contribution in [2.75, 3.05) is 0 Å². The van der Waals surface area contributed by atoms with Gasteiger partial charge in [0, 0.05) is 0 Å². The van der Waals surface area contributed by atoms with E-state index >= 15 is 0 Å². The minimum Gasteiger partial charge on any atom is -0.393 e. The van der Waals surface area contributed by atoms with Crippen LogP contribution < -0.4 is 0 Å². The predicted molar refractivity (Wildman–Crippen MR) is 123 cm³/mol. The van der Waals surface area contributed by atoms with Crippen LogP contribution in [0.25, 0.3) is 0 Å². The molecule has 0 aromatic heterocycles. The van der Waals surface area contributed by atoms with E-state index in [-0.39, 0.29) is 5.78 Å². The molecular formula is C27H40O3. The molecule has 3 aliphatic carbocycles. The quantitative estimate of drug-likeness (QED) is 0.450. The van der Waals surface area contributed by atoms with Crippen LogP contribution in [0.5, 0.6) is 0 Å². The number of hydrogen-bond acceptors (Lipinski definition) is 3. The largest absolute Gasteiger partial charge is 0.393 e. The van der Waals surface area contributed by atoms with Gasteiger partial charge in [0.25, 0.3) is 0 Å². The summed E-state index contributed by atoms with van der Waals surface area (Å²) in [5.41, 5.74) is 4.25. The number of rotatable bonds is 5. The Hall–Kier alpha value is -1.45.